The Bertz CT molecular complexity index is 1850. The van der Waals surface area contributed by atoms with Crippen molar-refractivity contribution in [1.82, 2.24) is 0 Å². The molecule has 236 valence electrons. The maximum atomic E-state index is 12.8. The Morgan fingerprint density at radius 2 is 1.49 bits per heavy atom. The van der Waals surface area contributed by atoms with Crippen LogP contribution >= 0.6 is 0 Å². The van der Waals surface area contributed by atoms with Crippen molar-refractivity contribution in [3.63, 3.8) is 0 Å². The fourth-order valence-electron chi connectivity index (χ4n) is 4.48. The molecule has 1 aromatic heterocycles. The maximum Gasteiger partial charge on any atom is 0.330 e. The van der Waals surface area contributed by atoms with Gasteiger partial charge < -0.3 is 64.6 Å². The minimum absolute atomic E-state index is 0.0931. The van der Waals surface area contributed by atoms with Crippen molar-refractivity contribution in [2.24, 2.45) is 0 Å². The van der Waals surface area contributed by atoms with Gasteiger partial charge in [-0.15, -0.1) is 0 Å². The summed E-state index contributed by atoms with van der Waals surface area (Å²) in [5.74, 6) is -5.15. The van der Waals surface area contributed by atoms with Crippen LogP contribution in [0.25, 0.3) is 28.4 Å². The Labute approximate surface area is 251 Å². The van der Waals surface area contributed by atoms with Gasteiger partial charge in [0.1, 0.15) is 47.8 Å². The SMILES string of the molecule is O=C(/C=C/c1ccc(O)c(O)c1)OCC1O[C@@H](Oc2cc3oc(-c4ccc(O)c(O)c4)cc(=O)c3c(O)c2O)C(O)[C@@H](O)[C@@H]1O. The standard InChI is InChI=1S/C30H26O15/c31-14-4-1-12(7-16(14)33)2-6-23(36)42-11-22-26(38)28(40)29(41)30(45-22)44-21-10-20-24(27(39)25(21)37)18(35)9-19(43-20)13-3-5-15(32)17(34)8-13/h1-10,22,26,28-34,37-41H,11H2/b6-2+/t22?,26-,28+,29?,30-/m1/s1. The van der Waals surface area contributed by atoms with E-state index in [-0.39, 0.29) is 22.7 Å². The Morgan fingerprint density at radius 3 is 2.18 bits per heavy atom. The summed E-state index contributed by atoms with van der Waals surface area (Å²) in [7, 11) is 0. The molecule has 0 spiro atoms. The molecule has 15 heteroatoms. The van der Waals surface area contributed by atoms with E-state index in [0.717, 1.165) is 30.3 Å². The molecule has 1 aliphatic rings. The quantitative estimate of drug-likeness (QED) is 0.0791. The van der Waals surface area contributed by atoms with Crippen molar-refractivity contribution in [3.8, 4) is 51.6 Å². The van der Waals surface area contributed by atoms with Crippen molar-refractivity contribution >= 4 is 23.0 Å². The van der Waals surface area contributed by atoms with Crippen molar-refractivity contribution in [2.75, 3.05) is 6.61 Å². The summed E-state index contributed by atoms with van der Waals surface area (Å²) in [6, 6.07) is 9.41. The van der Waals surface area contributed by atoms with Gasteiger partial charge in [-0.1, -0.05) is 6.07 Å². The molecule has 4 aromatic rings. The fourth-order valence-corrected chi connectivity index (χ4v) is 4.48. The van der Waals surface area contributed by atoms with Gasteiger partial charge in [-0.2, -0.15) is 0 Å². The molecule has 1 saturated heterocycles. The highest BCUT2D eigenvalue weighted by atomic mass is 16.7. The van der Waals surface area contributed by atoms with Gasteiger partial charge in [-0.25, -0.2) is 4.79 Å². The monoisotopic (exact) mass is 626 g/mol. The van der Waals surface area contributed by atoms with Crippen LogP contribution in [0.4, 0.5) is 0 Å². The fraction of sp³-hybridized carbons (Fsp3) is 0.200. The number of ether oxygens (including phenoxy) is 3. The molecular weight excluding hydrogens is 600 g/mol. The molecule has 2 heterocycles. The average molecular weight is 627 g/mol. The number of benzene rings is 3. The van der Waals surface area contributed by atoms with Gasteiger partial charge in [0, 0.05) is 23.8 Å². The predicted molar refractivity (Wildman–Crippen MR) is 152 cm³/mol. The van der Waals surface area contributed by atoms with Crippen LogP contribution in [0.1, 0.15) is 5.56 Å². The van der Waals surface area contributed by atoms with E-state index in [1.807, 2.05) is 0 Å². The summed E-state index contributed by atoms with van der Waals surface area (Å²) in [5, 5.41) is 90.3. The highest BCUT2D eigenvalue weighted by Gasteiger charge is 2.46. The van der Waals surface area contributed by atoms with E-state index in [1.165, 1.54) is 30.3 Å². The molecule has 5 atom stereocenters. The minimum atomic E-state index is -1.91. The number of aromatic hydroxyl groups is 6. The number of hydrogen-bond acceptors (Lipinski definition) is 15. The van der Waals surface area contributed by atoms with Crippen molar-refractivity contribution in [3.05, 3.63) is 70.4 Å². The van der Waals surface area contributed by atoms with Gasteiger partial charge in [0.05, 0.1) is 0 Å². The van der Waals surface area contributed by atoms with Crippen molar-refractivity contribution in [1.29, 1.82) is 0 Å². The molecular formula is C30H26O15. The second-order valence-corrected chi connectivity index (χ2v) is 9.97. The molecule has 9 N–H and O–H groups in total. The molecule has 0 aliphatic carbocycles. The lowest BCUT2D eigenvalue weighted by Crippen LogP contribution is -2.60. The number of aliphatic hydroxyl groups is 3. The van der Waals surface area contributed by atoms with Gasteiger partial charge in [-0.05, 0) is 42.0 Å². The molecule has 3 aromatic carbocycles. The molecule has 0 saturated carbocycles. The Morgan fingerprint density at radius 1 is 0.800 bits per heavy atom. The highest BCUT2D eigenvalue weighted by Crippen LogP contribution is 2.43. The molecule has 0 bridgehead atoms. The lowest BCUT2D eigenvalue weighted by molar-refractivity contribution is -0.278. The summed E-state index contributed by atoms with van der Waals surface area (Å²) >= 11 is 0. The molecule has 45 heavy (non-hydrogen) atoms. The number of aliphatic hydroxyl groups excluding tert-OH is 3. The van der Waals surface area contributed by atoms with Gasteiger partial charge in [0.25, 0.3) is 0 Å². The molecule has 2 unspecified atom stereocenters. The second-order valence-electron chi connectivity index (χ2n) is 9.97. The van der Waals surface area contributed by atoms with Gasteiger partial charge in [0.2, 0.25) is 12.0 Å². The molecule has 0 radical (unpaired) electrons. The smallest absolute Gasteiger partial charge is 0.330 e. The normalized spacial score (nSPS) is 21.6. The zero-order chi connectivity index (χ0) is 32.6. The zero-order valence-electron chi connectivity index (χ0n) is 22.8. The maximum absolute atomic E-state index is 12.8. The Kier molecular flexibility index (Phi) is 8.43. The molecule has 1 aliphatic heterocycles. The number of phenols is 6. The number of rotatable bonds is 7. The van der Waals surface area contributed by atoms with Crippen LogP contribution in [0, 0.1) is 0 Å². The third kappa shape index (κ3) is 6.27. The summed E-state index contributed by atoms with van der Waals surface area (Å²) in [6.45, 7) is -0.637. The highest BCUT2D eigenvalue weighted by molar-refractivity contribution is 5.89. The van der Waals surface area contributed by atoms with Gasteiger partial charge in [0.15, 0.2) is 39.9 Å². The van der Waals surface area contributed by atoms with Crippen LogP contribution in [0.2, 0.25) is 0 Å². The summed E-state index contributed by atoms with van der Waals surface area (Å²) < 4.78 is 21.7. The van der Waals surface area contributed by atoms with Crippen LogP contribution in [0.15, 0.2) is 63.8 Å². The third-order valence-electron chi connectivity index (χ3n) is 6.90. The zero-order valence-corrected chi connectivity index (χ0v) is 22.8. The molecule has 5 rings (SSSR count). The van der Waals surface area contributed by atoms with E-state index < -0.39 is 88.6 Å². The van der Waals surface area contributed by atoms with Crippen LogP contribution in [0.3, 0.4) is 0 Å². The predicted octanol–water partition coefficient (Wildman–Crippen LogP) is 1.14. The number of hydrogen-bond donors (Lipinski definition) is 9. The summed E-state index contributed by atoms with van der Waals surface area (Å²) in [6.07, 6.45) is -6.56. The van der Waals surface area contributed by atoms with Crippen LogP contribution in [-0.4, -0.2) is 89.2 Å². The molecule has 15 nitrogen and oxygen atoms in total. The van der Waals surface area contributed by atoms with Gasteiger partial charge in [-0.3, -0.25) is 4.79 Å². The van der Waals surface area contributed by atoms with E-state index >= 15 is 0 Å². The van der Waals surface area contributed by atoms with E-state index in [1.54, 1.807) is 0 Å². The summed E-state index contributed by atoms with van der Waals surface area (Å²) in [5.41, 5.74) is -0.564. The summed E-state index contributed by atoms with van der Waals surface area (Å²) in [4.78, 5) is 25.0. The number of phenolic OH excluding ortho intramolecular Hbond substituents is 6. The number of fused-ring (bicyclic) bond motifs is 1. The first-order valence-electron chi connectivity index (χ1n) is 13.1. The van der Waals surface area contributed by atoms with Crippen LogP contribution in [-0.2, 0) is 14.3 Å². The van der Waals surface area contributed by atoms with Gasteiger partial charge >= 0.3 is 5.97 Å². The number of carbonyl (C=O) groups excluding carboxylic acids is 1. The van der Waals surface area contributed by atoms with E-state index in [4.69, 9.17) is 18.6 Å². The first kappa shape index (κ1) is 31.0. The Hall–Kier alpha value is -5.48. The van der Waals surface area contributed by atoms with Crippen molar-refractivity contribution in [2.45, 2.75) is 30.7 Å². The first-order chi connectivity index (χ1) is 21.3. The largest absolute Gasteiger partial charge is 0.504 e. The van der Waals surface area contributed by atoms with E-state index in [9.17, 15) is 55.5 Å². The number of esters is 1. The lowest BCUT2D eigenvalue weighted by Gasteiger charge is -2.39. The van der Waals surface area contributed by atoms with E-state index in [2.05, 4.69) is 0 Å². The molecule has 0 amide bonds. The van der Waals surface area contributed by atoms with Crippen molar-refractivity contribution < 1.29 is 69.4 Å². The topological polar surface area (TPSA) is 257 Å². The Balaban J connectivity index is 1.35. The lowest BCUT2D eigenvalue weighted by atomic mass is 9.99. The second kappa shape index (κ2) is 12.3. The van der Waals surface area contributed by atoms with Crippen LogP contribution in [0.5, 0.6) is 40.2 Å². The third-order valence-corrected chi connectivity index (χ3v) is 6.90. The molecule has 1 fully saturated rings. The average Bonchev–Trinajstić information content (AvgIpc) is 3.00. The van der Waals surface area contributed by atoms with Crippen LogP contribution < -0.4 is 10.2 Å². The number of carbonyl (C=O) groups is 1. The van der Waals surface area contributed by atoms with E-state index in [0.29, 0.717) is 5.56 Å². The minimum Gasteiger partial charge on any atom is -0.504 e. The first-order valence-corrected chi connectivity index (χ1v) is 13.1.